The van der Waals surface area contributed by atoms with Crippen molar-refractivity contribution in [2.24, 2.45) is 5.73 Å². The van der Waals surface area contributed by atoms with Gasteiger partial charge in [0.25, 0.3) is 0 Å². The Kier molecular flexibility index (Phi) is 6.74. The average molecular weight is 333 g/mol. The number of benzene rings is 1. The van der Waals surface area contributed by atoms with Gasteiger partial charge in [-0.25, -0.2) is 0 Å². The number of primary amides is 1. The molecular formula is C13H18Cl2N4O2. The summed E-state index contributed by atoms with van der Waals surface area (Å²) in [5.41, 5.74) is 11.4. The van der Waals surface area contributed by atoms with E-state index in [1.165, 1.54) is 12.1 Å². The number of nitrogens with zero attached hydrogens (tertiary/aromatic N) is 1. The standard InChI is InChI=1S/C13H18Cl2N4O2/c1-19(7-11(17)20)4-2-3-12(21)18-13-9(14)5-8(16)6-10(13)15/h5-6H,2-4,7,16H2,1H3,(H2,17,20)(H,18,21). The number of rotatable bonds is 7. The fraction of sp³-hybridized carbons (Fsp3) is 0.385. The molecule has 0 saturated carbocycles. The molecule has 0 heterocycles. The molecule has 0 aliphatic carbocycles. The molecular weight excluding hydrogens is 315 g/mol. The smallest absolute Gasteiger partial charge is 0.231 e. The largest absolute Gasteiger partial charge is 0.399 e. The Hall–Kier alpha value is -1.50. The summed E-state index contributed by atoms with van der Waals surface area (Å²) in [6.45, 7) is 0.747. The zero-order valence-electron chi connectivity index (χ0n) is 11.7. The fourth-order valence-corrected chi connectivity index (χ4v) is 2.37. The van der Waals surface area contributed by atoms with Gasteiger partial charge in [-0.05, 0) is 32.1 Å². The van der Waals surface area contributed by atoms with E-state index in [-0.39, 0.29) is 18.9 Å². The molecule has 0 aliphatic rings. The van der Waals surface area contributed by atoms with Gasteiger partial charge in [-0.2, -0.15) is 0 Å². The molecule has 0 aliphatic heterocycles. The molecule has 0 spiro atoms. The van der Waals surface area contributed by atoms with Crippen LogP contribution in [0.4, 0.5) is 11.4 Å². The highest BCUT2D eigenvalue weighted by Crippen LogP contribution is 2.32. The molecule has 0 fully saturated rings. The third-order valence-electron chi connectivity index (χ3n) is 2.70. The predicted octanol–water partition coefficient (Wildman–Crippen LogP) is 1.71. The number of nitrogens with one attached hydrogen (secondary N) is 1. The number of halogens is 2. The van der Waals surface area contributed by atoms with Gasteiger partial charge in [-0.3, -0.25) is 14.5 Å². The van der Waals surface area contributed by atoms with Crippen molar-refractivity contribution in [1.82, 2.24) is 4.90 Å². The van der Waals surface area contributed by atoms with Gasteiger partial charge in [0, 0.05) is 12.1 Å². The molecule has 116 valence electrons. The van der Waals surface area contributed by atoms with Crippen molar-refractivity contribution in [2.75, 3.05) is 31.2 Å². The highest BCUT2D eigenvalue weighted by Gasteiger charge is 2.11. The van der Waals surface area contributed by atoms with Crippen LogP contribution < -0.4 is 16.8 Å². The Morgan fingerprint density at radius 2 is 1.86 bits per heavy atom. The zero-order valence-corrected chi connectivity index (χ0v) is 13.2. The van der Waals surface area contributed by atoms with Crippen molar-refractivity contribution >= 4 is 46.4 Å². The van der Waals surface area contributed by atoms with Crippen LogP contribution in [0.3, 0.4) is 0 Å². The number of carbonyl (C=O) groups excluding carboxylic acids is 2. The number of carbonyl (C=O) groups is 2. The molecule has 0 bridgehead atoms. The van der Waals surface area contributed by atoms with Crippen LogP contribution >= 0.6 is 23.2 Å². The lowest BCUT2D eigenvalue weighted by Crippen LogP contribution is -2.31. The lowest BCUT2D eigenvalue weighted by Gasteiger charge is -2.14. The van der Waals surface area contributed by atoms with Gasteiger partial charge in [-0.15, -0.1) is 0 Å². The van der Waals surface area contributed by atoms with Crippen LogP contribution in [-0.2, 0) is 9.59 Å². The Morgan fingerprint density at radius 3 is 2.38 bits per heavy atom. The Bertz CT molecular complexity index is 514. The predicted molar refractivity (Wildman–Crippen MR) is 85.4 cm³/mol. The number of nitrogen functional groups attached to an aromatic ring is 1. The van der Waals surface area contributed by atoms with Gasteiger partial charge < -0.3 is 16.8 Å². The van der Waals surface area contributed by atoms with Crippen LogP contribution in [0.2, 0.25) is 10.0 Å². The summed E-state index contributed by atoms with van der Waals surface area (Å²) in [6, 6.07) is 3.04. The molecule has 2 amide bonds. The minimum absolute atomic E-state index is 0.164. The molecule has 1 aromatic rings. The molecule has 8 heteroatoms. The van der Waals surface area contributed by atoms with Crippen LogP contribution in [0.5, 0.6) is 0 Å². The van der Waals surface area contributed by atoms with Crippen molar-refractivity contribution in [3.63, 3.8) is 0 Å². The zero-order chi connectivity index (χ0) is 16.0. The Morgan fingerprint density at radius 1 is 1.29 bits per heavy atom. The summed E-state index contributed by atoms with van der Waals surface area (Å²) in [6.07, 6.45) is 0.861. The summed E-state index contributed by atoms with van der Waals surface area (Å²) >= 11 is 12.0. The molecule has 0 radical (unpaired) electrons. The maximum Gasteiger partial charge on any atom is 0.231 e. The summed E-state index contributed by atoms with van der Waals surface area (Å²) < 4.78 is 0. The van der Waals surface area contributed by atoms with E-state index in [0.717, 1.165) is 0 Å². The first-order valence-corrected chi connectivity index (χ1v) is 7.06. The second kappa shape index (κ2) is 8.07. The third-order valence-corrected chi connectivity index (χ3v) is 3.29. The van der Waals surface area contributed by atoms with Gasteiger partial charge in [0.2, 0.25) is 11.8 Å². The number of amides is 2. The second-order valence-electron chi connectivity index (χ2n) is 4.72. The normalized spacial score (nSPS) is 10.7. The van der Waals surface area contributed by atoms with Crippen LogP contribution in [-0.4, -0.2) is 36.9 Å². The van der Waals surface area contributed by atoms with E-state index < -0.39 is 5.91 Å². The van der Waals surface area contributed by atoms with Crippen molar-refractivity contribution in [1.29, 1.82) is 0 Å². The molecule has 21 heavy (non-hydrogen) atoms. The van der Waals surface area contributed by atoms with Crippen LogP contribution in [0.1, 0.15) is 12.8 Å². The Balaban J connectivity index is 2.46. The molecule has 0 atom stereocenters. The monoisotopic (exact) mass is 332 g/mol. The van der Waals surface area contributed by atoms with E-state index in [2.05, 4.69) is 5.32 Å². The van der Waals surface area contributed by atoms with Gasteiger partial charge >= 0.3 is 0 Å². The minimum Gasteiger partial charge on any atom is -0.399 e. The van der Waals surface area contributed by atoms with Crippen molar-refractivity contribution in [3.05, 3.63) is 22.2 Å². The first kappa shape index (κ1) is 17.6. The molecule has 0 unspecified atom stereocenters. The topological polar surface area (TPSA) is 101 Å². The van der Waals surface area contributed by atoms with E-state index in [4.69, 9.17) is 34.7 Å². The minimum atomic E-state index is -0.401. The summed E-state index contributed by atoms with van der Waals surface area (Å²) in [7, 11) is 1.76. The first-order valence-electron chi connectivity index (χ1n) is 6.31. The molecule has 6 nitrogen and oxygen atoms in total. The second-order valence-corrected chi connectivity index (χ2v) is 5.53. The Labute approximate surface area is 133 Å². The average Bonchev–Trinajstić information content (AvgIpc) is 2.32. The van der Waals surface area contributed by atoms with Crippen molar-refractivity contribution in [2.45, 2.75) is 12.8 Å². The van der Waals surface area contributed by atoms with Gasteiger partial charge in [-0.1, -0.05) is 23.2 Å². The van der Waals surface area contributed by atoms with Crippen LogP contribution in [0.25, 0.3) is 0 Å². The quantitative estimate of drug-likeness (QED) is 0.661. The van der Waals surface area contributed by atoms with Gasteiger partial charge in [0.05, 0.1) is 22.3 Å². The lowest BCUT2D eigenvalue weighted by atomic mass is 10.2. The first-order chi connectivity index (χ1) is 9.79. The molecule has 1 aromatic carbocycles. The van der Waals surface area contributed by atoms with E-state index in [9.17, 15) is 9.59 Å². The van der Waals surface area contributed by atoms with Crippen molar-refractivity contribution < 1.29 is 9.59 Å². The summed E-state index contributed by atoms with van der Waals surface area (Å²) in [5, 5.41) is 3.23. The van der Waals surface area contributed by atoms with E-state index in [1.807, 2.05) is 0 Å². The third kappa shape index (κ3) is 6.20. The summed E-state index contributed by atoms with van der Waals surface area (Å²) in [4.78, 5) is 24.3. The molecule has 1 rings (SSSR count). The van der Waals surface area contributed by atoms with E-state index in [0.29, 0.717) is 34.4 Å². The maximum atomic E-state index is 11.8. The SMILES string of the molecule is CN(CCCC(=O)Nc1c(Cl)cc(N)cc1Cl)CC(N)=O. The molecule has 0 saturated heterocycles. The van der Waals surface area contributed by atoms with E-state index >= 15 is 0 Å². The molecule has 5 N–H and O–H groups in total. The van der Waals surface area contributed by atoms with Crippen LogP contribution in [0, 0.1) is 0 Å². The number of likely N-dealkylation sites (N-methyl/N-ethyl adjacent to an activating group) is 1. The fourth-order valence-electron chi connectivity index (χ4n) is 1.77. The number of anilines is 2. The van der Waals surface area contributed by atoms with E-state index in [1.54, 1.807) is 11.9 Å². The number of nitrogens with two attached hydrogens (primary N) is 2. The number of hydrogen-bond donors (Lipinski definition) is 3. The summed E-state index contributed by atoms with van der Waals surface area (Å²) in [5.74, 6) is -0.613. The number of hydrogen-bond acceptors (Lipinski definition) is 4. The highest BCUT2D eigenvalue weighted by molar-refractivity contribution is 6.40. The highest BCUT2D eigenvalue weighted by atomic mass is 35.5. The lowest BCUT2D eigenvalue weighted by molar-refractivity contribution is -0.118. The molecule has 0 aromatic heterocycles. The van der Waals surface area contributed by atoms with Crippen molar-refractivity contribution in [3.8, 4) is 0 Å². The van der Waals surface area contributed by atoms with Gasteiger partial charge in [0.1, 0.15) is 0 Å². The van der Waals surface area contributed by atoms with Crippen LogP contribution in [0.15, 0.2) is 12.1 Å². The van der Waals surface area contributed by atoms with Gasteiger partial charge in [0.15, 0.2) is 0 Å². The maximum absolute atomic E-state index is 11.8.